The van der Waals surface area contributed by atoms with Crippen molar-refractivity contribution in [1.82, 2.24) is 9.13 Å². The van der Waals surface area contributed by atoms with Crippen molar-refractivity contribution in [2.24, 2.45) is 5.92 Å². The van der Waals surface area contributed by atoms with Crippen molar-refractivity contribution in [2.45, 2.75) is 33.4 Å². The second-order valence-corrected chi connectivity index (χ2v) is 7.60. The van der Waals surface area contributed by atoms with Crippen molar-refractivity contribution in [3.63, 3.8) is 0 Å². The number of fused-ring (bicyclic) bond motifs is 1. The third-order valence-electron chi connectivity index (χ3n) is 4.57. The molecular formula is C21H21ClFN3O3. The quantitative estimate of drug-likeness (QED) is 0.665. The number of nitrogens with zero attached hydrogens (tertiary/aromatic N) is 2. The van der Waals surface area contributed by atoms with Gasteiger partial charge in [0.2, 0.25) is 5.91 Å². The monoisotopic (exact) mass is 417 g/mol. The number of hydrogen-bond donors (Lipinski definition) is 1. The molecule has 0 saturated carbocycles. The Kier molecular flexibility index (Phi) is 6.17. The number of rotatable bonds is 6. The summed E-state index contributed by atoms with van der Waals surface area (Å²) in [6.45, 7) is 3.92. The van der Waals surface area contributed by atoms with Gasteiger partial charge in [-0.05, 0) is 42.7 Å². The maximum Gasteiger partial charge on any atom is 0.331 e. The average Bonchev–Trinajstić information content (AvgIpc) is 2.67. The van der Waals surface area contributed by atoms with Crippen molar-refractivity contribution >= 4 is 34.1 Å². The summed E-state index contributed by atoms with van der Waals surface area (Å²) in [6.07, 6.45) is 0.651. The number of aromatic nitrogens is 2. The molecule has 0 aliphatic heterocycles. The summed E-state index contributed by atoms with van der Waals surface area (Å²) >= 11 is 5.99. The highest BCUT2D eigenvalue weighted by molar-refractivity contribution is 6.33. The summed E-state index contributed by atoms with van der Waals surface area (Å²) < 4.78 is 15.8. The fourth-order valence-electron chi connectivity index (χ4n) is 3.03. The van der Waals surface area contributed by atoms with Crippen molar-refractivity contribution in [3.05, 3.63) is 74.1 Å². The van der Waals surface area contributed by atoms with Crippen molar-refractivity contribution in [2.75, 3.05) is 5.32 Å². The molecule has 0 unspecified atom stereocenters. The molecule has 0 spiro atoms. The number of halogens is 2. The molecule has 1 heterocycles. The Morgan fingerprint density at radius 3 is 2.59 bits per heavy atom. The first-order chi connectivity index (χ1) is 13.8. The molecule has 0 saturated heterocycles. The Morgan fingerprint density at radius 2 is 1.86 bits per heavy atom. The summed E-state index contributed by atoms with van der Waals surface area (Å²) in [4.78, 5) is 38.3. The number of benzene rings is 2. The number of nitrogens with one attached hydrogen (secondary N) is 1. The number of carbonyl (C=O) groups excluding carboxylic acids is 1. The van der Waals surface area contributed by atoms with E-state index in [1.54, 1.807) is 24.3 Å². The third-order valence-corrected chi connectivity index (χ3v) is 4.90. The Labute approximate surface area is 171 Å². The Bertz CT molecular complexity index is 1180. The molecule has 0 bridgehead atoms. The van der Waals surface area contributed by atoms with E-state index >= 15 is 0 Å². The largest absolute Gasteiger partial charge is 0.331 e. The van der Waals surface area contributed by atoms with Crippen molar-refractivity contribution in [1.29, 1.82) is 0 Å². The molecule has 6 nitrogen and oxygen atoms in total. The molecule has 0 aliphatic carbocycles. The molecule has 0 fully saturated rings. The van der Waals surface area contributed by atoms with Crippen molar-refractivity contribution in [3.8, 4) is 0 Å². The van der Waals surface area contributed by atoms with Gasteiger partial charge < -0.3 is 5.32 Å². The minimum atomic E-state index is -0.560. The molecule has 0 aliphatic rings. The van der Waals surface area contributed by atoms with Gasteiger partial charge in [0.25, 0.3) is 5.56 Å². The lowest BCUT2D eigenvalue weighted by molar-refractivity contribution is -0.116. The van der Waals surface area contributed by atoms with Crippen LogP contribution in [0.15, 0.2) is 52.1 Å². The predicted molar refractivity (Wildman–Crippen MR) is 112 cm³/mol. The van der Waals surface area contributed by atoms with Gasteiger partial charge in [-0.3, -0.25) is 18.7 Å². The third kappa shape index (κ3) is 4.56. The number of para-hydroxylation sites is 1. The van der Waals surface area contributed by atoms with E-state index < -0.39 is 17.4 Å². The summed E-state index contributed by atoms with van der Waals surface area (Å²) in [7, 11) is 0. The summed E-state index contributed by atoms with van der Waals surface area (Å²) in [5.41, 5.74) is -0.461. The van der Waals surface area contributed by atoms with Crippen LogP contribution < -0.4 is 16.6 Å². The van der Waals surface area contributed by atoms with Crippen LogP contribution in [-0.2, 0) is 17.9 Å². The first kappa shape index (κ1) is 20.8. The van der Waals surface area contributed by atoms with Crippen LogP contribution in [0.25, 0.3) is 10.9 Å². The van der Waals surface area contributed by atoms with Crippen LogP contribution in [0.3, 0.4) is 0 Å². The van der Waals surface area contributed by atoms with E-state index in [4.69, 9.17) is 11.6 Å². The molecule has 1 aromatic heterocycles. The number of anilines is 1. The normalized spacial score (nSPS) is 11.2. The molecular weight excluding hydrogens is 397 g/mol. The summed E-state index contributed by atoms with van der Waals surface area (Å²) in [6, 6.07) is 10.3. The predicted octanol–water partition coefficient (Wildman–Crippen LogP) is 3.64. The molecule has 1 amide bonds. The van der Waals surface area contributed by atoms with Crippen LogP contribution in [0.2, 0.25) is 5.02 Å². The molecule has 3 aromatic rings. The van der Waals surface area contributed by atoms with Crippen LogP contribution in [-0.4, -0.2) is 15.0 Å². The van der Waals surface area contributed by atoms with Gasteiger partial charge in [0.05, 0.1) is 21.6 Å². The highest BCUT2D eigenvalue weighted by Crippen LogP contribution is 2.22. The summed E-state index contributed by atoms with van der Waals surface area (Å²) in [5.74, 6) is -0.798. The summed E-state index contributed by atoms with van der Waals surface area (Å²) in [5, 5.41) is 3.05. The zero-order valence-corrected chi connectivity index (χ0v) is 16.9. The SMILES string of the molecule is CC(C)CCn1c(=O)c2ccccc2n(CC(=O)Nc2cc(F)ccc2Cl)c1=O. The highest BCUT2D eigenvalue weighted by Gasteiger charge is 2.16. The Hall–Kier alpha value is -2.93. The van der Waals surface area contributed by atoms with Crippen LogP contribution in [0.1, 0.15) is 20.3 Å². The minimum Gasteiger partial charge on any atom is -0.323 e. The van der Waals surface area contributed by atoms with Crippen molar-refractivity contribution < 1.29 is 9.18 Å². The first-order valence-corrected chi connectivity index (χ1v) is 9.63. The molecule has 3 rings (SSSR count). The van der Waals surface area contributed by atoms with Crippen LogP contribution >= 0.6 is 11.6 Å². The first-order valence-electron chi connectivity index (χ1n) is 9.25. The van der Waals surface area contributed by atoms with E-state index in [2.05, 4.69) is 5.32 Å². The molecule has 0 atom stereocenters. The second-order valence-electron chi connectivity index (χ2n) is 7.20. The smallest absolute Gasteiger partial charge is 0.323 e. The van der Waals surface area contributed by atoms with Gasteiger partial charge in [0.1, 0.15) is 12.4 Å². The number of carbonyl (C=O) groups is 1. The standard InChI is InChI=1S/C21H21ClFN3O3/c1-13(2)9-10-25-20(28)15-5-3-4-6-18(15)26(21(25)29)12-19(27)24-17-11-14(23)7-8-16(17)22/h3-8,11,13H,9-10,12H2,1-2H3,(H,24,27). The fraction of sp³-hybridized carbons (Fsp3) is 0.286. The molecule has 2 aromatic carbocycles. The van der Waals surface area contributed by atoms with Crippen LogP contribution in [0, 0.1) is 11.7 Å². The second kappa shape index (κ2) is 8.61. The van der Waals surface area contributed by atoms with E-state index in [1.807, 2.05) is 13.8 Å². The van der Waals surface area contributed by atoms with Crippen LogP contribution in [0.4, 0.5) is 10.1 Å². The van der Waals surface area contributed by atoms with Gasteiger partial charge in [-0.25, -0.2) is 9.18 Å². The zero-order chi connectivity index (χ0) is 21.1. The lowest BCUT2D eigenvalue weighted by atomic mass is 10.1. The molecule has 8 heteroatoms. The fourth-order valence-corrected chi connectivity index (χ4v) is 3.20. The Balaban J connectivity index is 2.01. The van der Waals surface area contributed by atoms with E-state index in [-0.39, 0.29) is 29.4 Å². The minimum absolute atomic E-state index is 0.113. The zero-order valence-electron chi connectivity index (χ0n) is 16.1. The lowest BCUT2D eigenvalue weighted by Crippen LogP contribution is -2.42. The van der Waals surface area contributed by atoms with Crippen LogP contribution in [0.5, 0.6) is 0 Å². The van der Waals surface area contributed by atoms with Gasteiger partial charge in [-0.15, -0.1) is 0 Å². The van der Waals surface area contributed by atoms with Gasteiger partial charge in [-0.2, -0.15) is 0 Å². The molecule has 0 radical (unpaired) electrons. The van der Waals surface area contributed by atoms with E-state index in [9.17, 15) is 18.8 Å². The molecule has 29 heavy (non-hydrogen) atoms. The molecule has 152 valence electrons. The number of hydrogen-bond acceptors (Lipinski definition) is 3. The maximum atomic E-state index is 13.4. The van der Waals surface area contributed by atoms with Gasteiger partial charge in [-0.1, -0.05) is 37.6 Å². The van der Waals surface area contributed by atoms with Gasteiger partial charge in [0, 0.05) is 6.54 Å². The average molecular weight is 418 g/mol. The van der Waals surface area contributed by atoms with Gasteiger partial charge >= 0.3 is 5.69 Å². The lowest BCUT2D eigenvalue weighted by Gasteiger charge is -2.15. The van der Waals surface area contributed by atoms with Gasteiger partial charge in [0.15, 0.2) is 0 Å². The van der Waals surface area contributed by atoms with E-state index in [0.717, 1.165) is 10.6 Å². The maximum absolute atomic E-state index is 13.4. The van der Waals surface area contributed by atoms with E-state index in [0.29, 0.717) is 23.2 Å². The molecule has 1 N–H and O–H groups in total. The van der Waals surface area contributed by atoms with E-state index in [1.165, 1.54) is 16.7 Å². The topological polar surface area (TPSA) is 73.1 Å². The Morgan fingerprint density at radius 1 is 1.14 bits per heavy atom. The number of amides is 1. The highest BCUT2D eigenvalue weighted by atomic mass is 35.5.